The van der Waals surface area contributed by atoms with Crippen molar-refractivity contribution in [3.63, 3.8) is 0 Å². The lowest BCUT2D eigenvalue weighted by atomic mass is 10.1. The number of halogens is 1. The number of carbonyl (C=O) groups is 1. The minimum absolute atomic E-state index is 0.230. The molecular formula is C13H19ClN2O. The van der Waals surface area contributed by atoms with E-state index in [-0.39, 0.29) is 5.91 Å². The monoisotopic (exact) mass is 254 g/mol. The number of benzene rings is 1. The van der Waals surface area contributed by atoms with Gasteiger partial charge < -0.3 is 11.1 Å². The fourth-order valence-electron chi connectivity index (χ4n) is 1.57. The molecule has 0 aliphatic heterocycles. The largest absolute Gasteiger partial charge is 0.370 e. The number of rotatable bonds is 7. The lowest BCUT2D eigenvalue weighted by Gasteiger charge is -2.07. The molecule has 0 aromatic heterocycles. The predicted octanol–water partition coefficient (Wildman–Crippen LogP) is 2.39. The fraction of sp³-hybridized carbons (Fsp3) is 0.462. The average molecular weight is 255 g/mol. The zero-order valence-corrected chi connectivity index (χ0v) is 10.9. The van der Waals surface area contributed by atoms with E-state index >= 15 is 0 Å². The van der Waals surface area contributed by atoms with E-state index in [1.54, 1.807) is 0 Å². The van der Waals surface area contributed by atoms with Gasteiger partial charge in [-0.3, -0.25) is 4.79 Å². The third-order valence-corrected chi connectivity index (χ3v) is 2.90. The highest BCUT2D eigenvalue weighted by Crippen LogP contribution is 2.17. The fourth-order valence-corrected chi connectivity index (χ4v) is 1.87. The minimum atomic E-state index is -0.230. The van der Waals surface area contributed by atoms with Crippen LogP contribution in [-0.2, 0) is 11.3 Å². The number of nitrogens with one attached hydrogen (secondary N) is 1. The van der Waals surface area contributed by atoms with Gasteiger partial charge in [-0.2, -0.15) is 0 Å². The highest BCUT2D eigenvalue weighted by Gasteiger charge is 2.00. The van der Waals surface area contributed by atoms with E-state index in [0.29, 0.717) is 6.42 Å². The van der Waals surface area contributed by atoms with Crippen LogP contribution in [0.2, 0.25) is 5.02 Å². The molecule has 0 aliphatic rings. The Morgan fingerprint density at radius 3 is 2.82 bits per heavy atom. The van der Waals surface area contributed by atoms with Gasteiger partial charge in [0.2, 0.25) is 5.91 Å². The second-order valence-corrected chi connectivity index (χ2v) is 4.60. The van der Waals surface area contributed by atoms with E-state index in [0.717, 1.165) is 36.5 Å². The molecule has 1 aromatic carbocycles. The van der Waals surface area contributed by atoms with Gasteiger partial charge in [0.25, 0.3) is 0 Å². The third kappa shape index (κ3) is 5.71. The van der Waals surface area contributed by atoms with Crippen LogP contribution in [0.3, 0.4) is 0 Å². The van der Waals surface area contributed by atoms with Crippen LogP contribution in [0, 0.1) is 6.92 Å². The van der Waals surface area contributed by atoms with Crippen LogP contribution in [-0.4, -0.2) is 12.5 Å². The van der Waals surface area contributed by atoms with Crippen molar-refractivity contribution in [2.24, 2.45) is 5.73 Å². The predicted molar refractivity (Wildman–Crippen MR) is 70.9 cm³/mol. The van der Waals surface area contributed by atoms with E-state index < -0.39 is 0 Å². The maximum absolute atomic E-state index is 10.5. The molecule has 0 radical (unpaired) electrons. The maximum Gasteiger partial charge on any atom is 0.217 e. The van der Waals surface area contributed by atoms with E-state index in [2.05, 4.69) is 11.4 Å². The minimum Gasteiger partial charge on any atom is -0.370 e. The van der Waals surface area contributed by atoms with Crippen LogP contribution in [0.15, 0.2) is 18.2 Å². The van der Waals surface area contributed by atoms with Gasteiger partial charge in [0.1, 0.15) is 0 Å². The Morgan fingerprint density at radius 2 is 2.18 bits per heavy atom. The number of primary amides is 1. The Hall–Kier alpha value is -1.06. The van der Waals surface area contributed by atoms with Crippen molar-refractivity contribution in [2.45, 2.75) is 32.7 Å². The Balaban J connectivity index is 2.20. The quantitative estimate of drug-likeness (QED) is 0.734. The van der Waals surface area contributed by atoms with E-state index in [9.17, 15) is 4.79 Å². The molecule has 0 saturated carbocycles. The Bertz CT molecular complexity index is 380. The molecule has 0 heterocycles. The lowest BCUT2D eigenvalue weighted by molar-refractivity contribution is -0.118. The van der Waals surface area contributed by atoms with Gasteiger partial charge in [0.15, 0.2) is 0 Å². The Morgan fingerprint density at radius 1 is 1.41 bits per heavy atom. The van der Waals surface area contributed by atoms with Crippen molar-refractivity contribution in [3.05, 3.63) is 34.3 Å². The van der Waals surface area contributed by atoms with Crippen LogP contribution in [0.25, 0.3) is 0 Å². The summed E-state index contributed by atoms with van der Waals surface area (Å²) in [5.74, 6) is -0.230. The number of unbranched alkanes of at least 4 members (excludes halogenated alkanes) is 1. The van der Waals surface area contributed by atoms with Crippen molar-refractivity contribution in [3.8, 4) is 0 Å². The SMILES string of the molecule is Cc1ccc(CNCCCCC(N)=O)c(Cl)c1. The second kappa shape index (κ2) is 7.30. The average Bonchev–Trinajstić information content (AvgIpc) is 2.25. The van der Waals surface area contributed by atoms with Crippen LogP contribution in [0.4, 0.5) is 0 Å². The number of amides is 1. The van der Waals surface area contributed by atoms with Gasteiger partial charge in [-0.1, -0.05) is 23.7 Å². The molecule has 1 rings (SSSR count). The van der Waals surface area contributed by atoms with E-state index in [4.69, 9.17) is 17.3 Å². The van der Waals surface area contributed by atoms with Gasteiger partial charge >= 0.3 is 0 Å². The first-order valence-electron chi connectivity index (χ1n) is 5.83. The molecule has 1 aromatic rings. The molecule has 0 unspecified atom stereocenters. The summed E-state index contributed by atoms with van der Waals surface area (Å²) in [5.41, 5.74) is 7.33. The summed E-state index contributed by atoms with van der Waals surface area (Å²) in [6, 6.07) is 6.05. The normalized spacial score (nSPS) is 10.5. The molecule has 1 amide bonds. The summed E-state index contributed by atoms with van der Waals surface area (Å²) < 4.78 is 0. The molecule has 4 heteroatoms. The molecule has 0 atom stereocenters. The molecular weight excluding hydrogens is 236 g/mol. The summed E-state index contributed by atoms with van der Waals surface area (Å²) in [4.78, 5) is 10.5. The van der Waals surface area contributed by atoms with Crippen LogP contribution < -0.4 is 11.1 Å². The molecule has 17 heavy (non-hydrogen) atoms. The number of aryl methyl sites for hydroxylation is 1. The number of nitrogens with two attached hydrogens (primary N) is 1. The number of hydrogen-bond donors (Lipinski definition) is 2. The summed E-state index contributed by atoms with van der Waals surface area (Å²) in [6.45, 7) is 3.65. The van der Waals surface area contributed by atoms with E-state index in [1.165, 1.54) is 5.56 Å². The molecule has 0 bridgehead atoms. The highest BCUT2D eigenvalue weighted by molar-refractivity contribution is 6.31. The molecule has 0 fully saturated rings. The Kier molecular flexibility index (Phi) is 6.01. The standard InChI is InChI=1S/C13H19ClN2O/c1-10-5-6-11(12(14)8-10)9-16-7-3-2-4-13(15)17/h5-6,8,16H,2-4,7,9H2,1H3,(H2,15,17). The van der Waals surface area contributed by atoms with E-state index in [1.807, 2.05) is 19.1 Å². The van der Waals surface area contributed by atoms with Crippen molar-refractivity contribution in [2.75, 3.05) is 6.54 Å². The topological polar surface area (TPSA) is 55.1 Å². The first-order chi connectivity index (χ1) is 8.09. The summed E-state index contributed by atoms with van der Waals surface area (Å²) in [6.07, 6.45) is 2.25. The Labute approximate surface area is 107 Å². The van der Waals surface area contributed by atoms with Crippen LogP contribution in [0.5, 0.6) is 0 Å². The van der Waals surface area contributed by atoms with Crippen molar-refractivity contribution in [1.82, 2.24) is 5.32 Å². The second-order valence-electron chi connectivity index (χ2n) is 4.20. The highest BCUT2D eigenvalue weighted by atomic mass is 35.5. The molecule has 0 spiro atoms. The lowest BCUT2D eigenvalue weighted by Crippen LogP contribution is -2.16. The third-order valence-electron chi connectivity index (χ3n) is 2.55. The number of hydrogen-bond acceptors (Lipinski definition) is 2. The smallest absolute Gasteiger partial charge is 0.217 e. The van der Waals surface area contributed by atoms with Crippen molar-refractivity contribution >= 4 is 17.5 Å². The summed E-state index contributed by atoms with van der Waals surface area (Å²) >= 11 is 6.11. The molecule has 0 saturated heterocycles. The molecule has 3 N–H and O–H groups in total. The van der Waals surface area contributed by atoms with Gasteiger partial charge in [-0.05, 0) is 43.5 Å². The molecule has 3 nitrogen and oxygen atoms in total. The van der Waals surface area contributed by atoms with Crippen LogP contribution in [0.1, 0.15) is 30.4 Å². The zero-order chi connectivity index (χ0) is 12.7. The first-order valence-corrected chi connectivity index (χ1v) is 6.21. The van der Waals surface area contributed by atoms with Gasteiger partial charge in [-0.25, -0.2) is 0 Å². The van der Waals surface area contributed by atoms with Gasteiger partial charge in [0.05, 0.1) is 0 Å². The molecule has 0 aliphatic carbocycles. The molecule has 94 valence electrons. The van der Waals surface area contributed by atoms with Gasteiger partial charge in [0, 0.05) is 18.0 Å². The summed E-state index contributed by atoms with van der Waals surface area (Å²) in [7, 11) is 0. The number of carbonyl (C=O) groups excluding carboxylic acids is 1. The summed E-state index contributed by atoms with van der Waals surface area (Å²) in [5, 5.41) is 4.10. The van der Waals surface area contributed by atoms with Crippen molar-refractivity contribution < 1.29 is 4.79 Å². The maximum atomic E-state index is 10.5. The zero-order valence-electron chi connectivity index (χ0n) is 10.1. The van der Waals surface area contributed by atoms with Crippen molar-refractivity contribution in [1.29, 1.82) is 0 Å². The first kappa shape index (κ1) is 14.0. The van der Waals surface area contributed by atoms with Crippen LogP contribution >= 0.6 is 11.6 Å². The van der Waals surface area contributed by atoms with Gasteiger partial charge in [-0.15, -0.1) is 0 Å².